The Labute approximate surface area is 104 Å². The van der Waals surface area contributed by atoms with Gasteiger partial charge in [0.1, 0.15) is 0 Å². The van der Waals surface area contributed by atoms with Gasteiger partial charge in [-0.05, 0) is 13.8 Å². The molecular weight excluding hydrogens is 234 g/mol. The van der Waals surface area contributed by atoms with Crippen molar-refractivity contribution in [3.05, 3.63) is 20.8 Å². The third kappa shape index (κ3) is 1.54. The smallest absolute Gasteiger partial charge is 0.332 e. The fraction of sp³-hybridized carbons (Fsp3) is 0.545. The zero-order valence-electron chi connectivity index (χ0n) is 11.0. The largest absolute Gasteiger partial charge is 0.356 e. The number of rotatable bonds is 3. The van der Waals surface area contributed by atoms with E-state index in [1.165, 1.54) is 11.6 Å². The zero-order valence-corrected chi connectivity index (χ0v) is 11.0. The number of aryl methyl sites for hydroxylation is 2. The molecular formula is C11H17N5O2. The van der Waals surface area contributed by atoms with Crippen molar-refractivity contribution in [3.8, 4) is 0 Å². The lowest BCUT2D eigenvalue weighted by Crippen LogP contribution is -2.37. The summed E-state index contributed by atoms with van der Waals surface area (Å²) >= 11 is 0. The molecule has 2 aromatic rings. The molecule has 0 radical (unpaired) electrons. The molecule has 0 fully saturated rings. The molecule has 0 saturated carbocycles. The number of nitrogens with zero attached hydrogens (tertiary/aromatic N) is 4. The van der Waals surface area contributed by atoms with Crippen molar-refractivity contribution < 1.29 is 0 Å². The Morgan fingerprint density at radius 2 is 1.83 bits per heavy atom. The van der Waals surface area contributed by atoms with Crippen LogP contribution >= 0.6 is 0 Å². The van der Waals surface area contributed by atoms with Crippen LogP contribution in [0.5, 0.6) is 0 Å². The van der Waals surface area contributed by atoms with Crippen molar-refractivity contribution in [1.29, 1.82) is 0 Å². The summed E-state index contributed by atoms with van der Waals surface area (Å²) in [6.45, 7) is 5.22. The van der Waals surface area contributed by atoms with Gasteiger partial charge in [0.25, 0.3) is 5.56 Å². The Morgan fingerprint density at radius 3 is 2.39 bits per heavy atom. The van der Waals surface area contributed by atoms with E-state index in [4.69, 9.17) is 0 Å². The van der Waals surface area contributed by atoms with E-state index in [1.807, 2.05) is 13.8 Å². The number of hydrogen-bond donors (Lipinski definition) is 1. The minimum absolute atomic E-state index is 0.313. The zero-order chi connectivity index (χ0) is 13.4. The molecule has 0 spiro atoms. The molecule has 2 rings (SSSR count). The Balaban J connectivity index is 2.98. The third-order valence-electron chi connectivity index (χ3n) is 3.00. The molecule has 0 bridgehead atoms. The van der Waals surface area contributed by atoms with Crippen LogP contribution < -0.4 is 16.6 Å². The van der Waals surface area contributed by atoms with E-state index in [-0.39, 0.29) is 11.2 Å². The minimum Gasteiger partial charge on any atom is -0.356 e. The quantitative estimate of drug-likeness (QED) is 0.825. The summed E-state index contributed by atoms with van der Waals surface area (Å²) in [6.07, 6.45) is 0. The summed E-state index contributed by atoms with van der Waals surface area (Å²) in [6, 6.07) is 0. The summed E-state index contributed by atoms with van der Waals surface area (Å²) < 4.78 is 4.29. The predicted molar refractivity (Wildman–Crippen MR) is 70.1 cm³/mol. The molecule has 18 heavy (non-hydrogen) atoms. The highest BCUT2D eigenvalue weighted by Gasteiger charge is 2.17. The van der Waals surface area contributed by atoms with Gasteiger partial charge in [0.15, 0.2) is 11.2 Å². The molecule has 7 nitrogen and oxygen atoms in total. The Hall–Kier alpha value is -2.05. The van der Waals surface area contributed by atoms with Crippen LogP contribution in [-0.4, -0.2) is 25.2 Å². The maximum Gasteiger partial charge on any atom is 0.332 e. The van der Waals surface area contributed by atoms with Crippen molar-refractivity contribution in [3.63, 3.8) is 0 Å². The van der Waals surface area contributed by atoms with Gasteiger partial charge in [-0.15, -0.1) is 0 Å². The van der Waals surface area contributed by atoms with Crippen LogP contribution in [-0.2, 0) is 20.6 Å². The van der Waals surface area contributed by atoms with Gasteiger partial charge in [0.2, 0.25) is 5.95 Å². The van der Waals surface area contributed by atoms with Crippen LogP contribution in [0.2, 0.25) is 0 Å². The van der Waals surface area contributed by atoms with Gasteiger partial charge in [-0.3, -0.25) is 13.9 Å². The van der Waals surface area contributed by atoms with Gasteiger partial charge >= 0.3 is 5.69 Å². The number of fused-ring (bicyclic) bond motifs is 1. The number of hydrogen-bond acceptors (Lipinski definition) is 4. The summed E-state index contributed by atoms with van der Waals surface area (Å²) in [7, 11) is 3.09. The summed E-state index contributed by atoms with van der Waals surface area (Å²) in [5, 5.41) is 3.10. The molecule has 0 saturated heterocycles. The van der Waals surface area contributed by atoms with Crippen LogP contribution in [0.4, 0.5) is 5.95 Å². The third-order valence-corrected chi connectivity index (χ3v) is 3.00. The second-order valence-electron chi connectivity index (χ2n) is 4.09. The maximum atomic E-state index is 12.2. The molecule has 0 amide bonds. The van der Waals surface area contributed by atoms with Gasteiger partial charge in [-0.2, -0.15) is 4.98 Å². The monoisotopic (exact) mass is 251 g/mol. The normalized spacial score (nSPS) is 11.1. The first-order valence-electron chi connectivity index (χ1n) is 5.93. The van der Waals surface area contributed by atoms with Gasteiger partial charge in [-0.1, -0.05) is 0 Å². The second-order valence-corrected chi connectivity index (χ2v) is 4.09. The molecule has 0 aliphatic heterocycles. The molecule has 1 N–H and O–H groups in total. The molecule has 0 atom stereocenters. The van der Waals surface area contributed by atoms with Crippen molar-refractivity contribution in [2.24, 2.45) is 14.1 Å². The van der Waals surface area contributed by atoms with E-state index in [0.29, 0.717) is 30.2 Å². The molecule has 2 aromatic heterocycles. The van der Waals surface area contributed by atoms with Gasteiger partial charge in [0.05, 0.1) is 0 Å². The average Bonchev–Trinajstić information content (AvgIpc) is 2.73. The van der Waals surface area contributed by atoms with Gasteiger partial charge < -0.3 is 9.88 Å². The second kappa shape index (κ2) is 4.32. The number of imidazole rings is 1. The first kappa shape index (κ1) is 12.4. The van der Waals surface area contributed by atoms with Gasteiger partial charge in [0, 0.05) is 27.2 Å². The number of aromatic nitrogens is 4. The van der Waals surface area contributed by atoms with Crippen LogP contribution in [0.25, 0.3) is 11.2 Å². The molecule has 98 valence electrons. The molecule has 7 heteroatoms. The topological polar surface area (TPSA) is 73.8 Å². The van der Waals surface area contributed by atoms with E-state index < -0.39 is 0 Å². The standard InChI is InChI=1S/C11H17N5O2/c1-5-12-10-13-8-7(16(10)6-2)9(17)15(4)11(18)14(8)3/h5-6H2,1-4H3,(H,12,13). The molecule has 0 aromatic carbocycles. The van der Waals surface area contributed by atoms with Crippen molar-refractivity contribution in [2.75, 3.05) is 11.9 Å². The molecule has 0 aliphatic rings. The van der Waals surface area contributed by atoms with E-state index >= 15 is 0 Å². The van der Waals surface area contributed by atoms with Gasteiger partial charge in [-0.25, -0.2) is 4.79 Å². The minimum atomic E-state index is -0.365. The highest BCUT2D eigenvalue weighted by Crippen LogP contribution is 2.14. The van der Waals surface area contributed by atoms with Crippen LogP contribution in [0, 0.1) is 0 Å². The summed E-state index contributed by atoms with van der Waals surface area (Å²) in [5.74, 6) is 0.619. The van der Waals surface area contributed by atoms with Crippen LogP contribution in [0.15, 0.2) is 9.59 Å². The van der Waals surface area contributed by atoms with Crippen LogP contribution in [0.3, 0.4) is 0 Å². The Morgan fingerprint density at radius 1 is 1.17 bits per heavy atom. The number of nitrogens with one attached hydrogen (secondary N) is 1. The first-order valence-corrected chi connectivity index (χ1v) is 5.93. The Kier molecular flexibility index (Phi) is 2.98. The molecule has 0 aliphatic carbocycles. The fourth-order valence-corrected chi connectivity index (χ4v) is 2.05. The molecule has 0 unspecified atom stereocenters. The lowest BCUT2D eigenvalue weighted by Gasteiger charge is -2.06. The molecule has 2 heterocycles. The Bertz CT molecular complexity index is 707. The lowest BCUT2D eigenvalue weighted by molar-refractivity contribution is 0.700. The van der Waals surface area contributed by atoms with E-state index in [1.54, 1.807) is 11.6 Å². The van der Waals surface area contributed by atoms with E-state index in [9.17, 15) is 9.59 Å². The van der Waals surface area contributed by atoms with Crippen molar-refractivity contribution >= 4 is 17.1 Å². The summed E-state index contributed by atoms with van der Waals surface area (Å²) in [4.78, 5) is 28.3. The first-order chi connectivity index (χ1) is 8.52. The number of anilines is 1. The fourth-order valence-electron chi connectivity index (χ4n) is 2.05. The SMILES string of the molecule is CCNc1nc2c(c(=O)n(C)c(=O)n2C)n1CC. The summed E-state index contributed by atoms with van der Waals surface area (Å²) in [5.41, 5.74) is 0.196. The van der Waals surface area contributed by atoms with Crippen molar-refractivity contribution in [1.82, 2.24) is 18.7 Å². The average molecular weight is 251 g/mol. The highest BCUT2D eigenvalue weighted by atomic mass is 16.2. The van der Waals surface area contributed by atoms with Crippen molar-refractivity contribution in [2.45, 2.75) is 20.4 Å². The highest BCUT2D eigenvalue weighted by molar-refractivity contribution is 5.74. The van der Waals surface area contributed by atoms with E-state index in [2.05, 4.69) is 10.3 Å². The van der Waals surface area contributed by atoms with Crippen LogP contribution in [0.1, 0.15) is 13.8 Å². The maximum absolute atomic E-state index is 12.2. The van der Waals surface area contributed by atoms with E-state index in [0.717, 1.165) is 4.57 Å². The lowest BCUT2D eigenvalue weighted by atomic mass is 10.5. The predicted octanol–water partition coefficient (Wildman–Crippen LogP) is -0.115.